The molecule has 0 aliphatic heterocycles. The summed E-state index contributed by atoms with van der Waals surface area (Å²) in [5.74, 6) is 0.535. The van der Waals surface area contributed by atoms with Gasteiger partial charge in [0.05, 0.1) is 18.5 Å². The van der Waals surface area contributed by atoms with Gasteiger partial charge in [-0.15, -0.1) is 11.6 Å². The quantitative estimate of drug-likeness (QED) is 0.659. The number of sulfonamides is 1. The average Bonchev–Trinajstić information content (AvgIpc) is 2.14. The first-order valence-corrected chi connectivity index (χ1v) is 8.02. The van der Waals surface area contributed by atoms with Gasteiger partial charge < -0.3 is 4.74 Å². The van der Waals surface area contributed by atoms with Gasteiger partial charge in [0.2, 0.25) is 10.0 Å². The second kappa shape index (κ2) is 7.56. The second-order valence-corrected chi connectivity index (χ2v) is 7.47. The third-order valence-corrected chi connectivity index (χ3v) is 3.82. The zero-order valence-corrected chi connectivity index (χ0v) is 12.7. The molecule has 0 aromatic rings. The summed E-state index contributed by atoms with van der Waals surface area (Å²) in [5.41, 5.74) is -0.117. The molecule has 0 rings (SSSR count). The van der Waals surface area contributed by atoms with Crippen LogP contribution in [0.3, 0.4) is 0 Å². The Morgan fingerprint density at radius 2 is 1.94 bits per heavy atom. The molecule has 17 heavy (non-hydrogen) atoms. The molecule has 0 fully saturated rings. The standard InChI is InChI=1S/C11H24ClNO3S/c1-10(2)16-7-8-17(14,15)13-9-11(3,4)5-6-12/h10,13H,5-9H2,1-4H3. The van der Waals surface area contributed by atoms with Crippen LogP contribution >= 0.6 is 11.6 Å². The van der Waals surface area contributed by atoms with Crippen molar-refractivity contribution < 1.29 is 13.2 Å². The minimum Gasteiger partial charge on any atom is -0.378 e. The lowest BCUT2D eigenvalue weighted by Gasteiger charge is -2.23. The van der Waals surface area contributed by atoms with E-state index in [9.17, 15) is 8.42 Å². The highest BCUT2D eigenvalue weighted by molar-refractivity contribution is 7.89. The molecule has 0 saturated carbocycles. The Balaban J connectivity index is 4.01. The molecule has 0 aliphatic rings. The van der Waals surface area contributed by atoms with Crippen LogP contribution in [0, 0.1) is 5.41 Å². The Labute approximate surface area is 110 Å². The van der Waals surface area contributed by atoms with Crippen LogP contribution in [0.25, 0.3) is 0 Å². The molecular weight excluding hydrogens is 262 g/mol. The van der Waals surface area contributed by atoms with Crippen LogP contribution in [0.4, 0.5) is 0 Å². The Morgan fingerprint density at radius 3 is 2.41 bits per heavy atom. The van der Waals surface area contributed by atoms with E-state index < -0.39 is 10.0 Å². The van der Waals surface area contributed by atoms with E-state index in [1.54, 1.807) is 0 Å². The van der Waals surface area contributed by atoms with E-state index in [1.165, 1.54) is 0 Å². The molecule has 0 amide bonds. The van der Waals surface area contributed by atoms with Gasteiger partial charge in [0.15, 0.2) is 0 Å². The fourth-order valence-electron chi connectivity index (χ4n) is 1.12. The van der Waals surface area contributed by atoms with Crippen molar-refractivity contribution in [2.45, 2.75) is 40.2 Å². The molecule has 0 radical (unpaired) electrons. The lowest BCUT2D eigenvalue weighted by molar-refractivity contribution is 0.0911. The monoisotopic (exact) mass is 285 g/mol. The number of hydrogen-bond donors (Lipinski definition) is 1. The summed E-state index contributed by atoms with van der Waals surface area (Å²) in [6, 6.07) is 0. The first kappa shape index (κ1) is 17.2. The summed E-state index contributed by atoms with van der Waals surface area (Å²) < 4.78 is 31.1. The van der Waals surface area contributed by atoms with Crippen molar-refractivity contribution in [3.8, 4) is 0 Å². The van der Waals surface area contributed by atoms with Crippen molar-refractivity contribution in [1.29, 1.82) is 0 Å². The maximum absolute atomic E-state index is 11.6. The Bertz CT molecular complexity index is 302. The van der Waals surface area contributed by atoms with E-state index in [4.69, 9.17) is 16.3 Å². The molecule has 0 bridgehead atoms. The predicted molar refractivity (Wildman–Crippen MR) is 72.0 cm³/mol. The Hall–Kier alpha value is 0.160. The van der Waals surface area contributed by atoms with Gasteiger partial charge in [0.25, 0.3) is 0 Å². The van der Waals surface area contributed by atoms with Crippen molar-refractivity contribution in [1.82, 2.24) is 4.72 Å². The SMILES string of the molecule is CC(C)OCCS(=O)(=O)NCC(C)(C)CCCl. The molecule has 104 valence electrons. The smallest absolute Gasteiger partial charge is 0.213 e. The Kier molecular flexibility index (Phi) is 7.63. The average molecular weight is 286 g/mol. The van der Waals surface area contributed by atoms with Gasteiger partial charge in [-0.2, -0.15) is 0 Å². The molecule has 0 spiro atoms. The molecule has 4 nitrogen and oxygen atoms in total. The zero-order chi connectivity index (χ0) is 13.5. The van der Waals surface area contributed by atoms with Crippen LogP contribution in [0.2, 0.25) is 0 Å². The number of rotatable bonds is 9. The minimum absolute atomic E-state index is 0.00212. The molecule has 1 N–H and O–H groups in total. The fraction of sp³-hybridized carbons (Fsp3) is 1.00. The summed E-state index contributed by atoms with van der Waals surface area (Å²) in [7, 11) is -3.25. The number of halogens is 1. The third-order valence-electron chi connectivity index (χ3n) is 2.35. The van der Waals surface area contributed by atoms with Crippen LogP contribution < -0.4 is 4.72 Å². The zero-order valence-electron chi connectivity index (χ0n) is 11.1. The molecule has 0 aliphatic carbocycles. The first-order valence-electron chi connectivity index (χ1n) is 5.83. The van der Waals surface area contributed by atoms with Crippen molar-refractivity contribution in [3.05, 3.63) is 0 Å². The molecule has 0 atom stereocenters. The normalized spacial score (nSPS) is 13.3. The van der Waals surface area contributed by atoms with E-state index in [0.29, 0.717) is 12.4 Å². The van der Waals surface area contributed by atoms with Gasteiger partial charge in [0, 0.05) is 12.4 Å². The highest BCUT2D eigenvalue weighted by Gasteiger charge is 2.20. The number of ether oxygens (including phenoxy) is 1. The van der Waals surface area contributed by atoms with Crippen LogP contribution in [-0.4, -0.2) is 39.3 Å². The number of nitrogens with one attached hydrogen (secondary N) is 1. The summed E-state index contributed by atoms with van der Waals surface area (Å²) in [6.07, 6.45) is 0.831. The number of alkyl halides is 1. The summed E-state index contributed by atoms with van der Waals surface area (Å²) in [6.45, 7) is 8.37. The first-order chi connectivity index (χ1) is 7.68. The van der Waals surface area contributed by atoms with Crippen LogP contribution in [0.15, 0.2) is 0 Å². The molecular formula is C11H24ClNO3S. The molecule has 0 aromatic carbocycles. The topological polar surface area (TPSA) is 55.4 Å². The minimum atomic E-state index is -3.25. The van der Waals surface area contributed by atoms with E-state index in [1.807, 2.05) is 27.7 Å². The van der Waals surface area contributed by atoms with Crippen molar-refractivity contribution >= 4 is 21.6 Å². The largest absolute Gasteiger partial charge is 0.378 e. The van der Waals surface area contributed by atoms with Gasteiger partial charge in [-0.3, -0.25) is 0 Å². The third kappa shape index (κ3) is 9.83. The van der Waals surface area contributed by atoms with Crippen molar-refractivity contribution in [2.24, 2.45) is 5.41 Å². The highest BCUT2D eigenvalue weighted by atomic mass is 35.5. The summed E-state index contributed by atoms with van der Waals surface area (Å²) in [4.78, 5) is 0. The molecule has 0 unspecified atom stereocenters. The van der Waals surface area contributed by atoms with Gasteiger partial charge >= 0.3 is 0 Å². The van der Waals surface area contributed by atoms with Crippen molar-refractivity contribution in [2.75, 3.05) is 24.8 Å². The van der Waals surface area contributed by atoms with E-state index in [-0.39, 0.29) is 23.9 Å². The van der Waals surface area contributed by atoms with E-state index in [2.05, 4.69) is 4.72 Å². The van der Waals surface area contributed by atoms with E-state index in [0.717, 1.165) is 6.42 Å². The van der Waals surface area contributed by atoms with Gasteiger partial charge in [-0.05, 0) is 25.7 Å². The lowest BCUT2D eigenvalue weighted by Crippen LogP contribution is -2.36. The van der Waals surface area contributed by atoms with Gasteiger partial charge in [-0.1, -0.05) is 13.8 Å². The summed E-state index contributed by atoms with van der Waals surface area (Å²) in [5, 5.41) is 0. The molecule has 0 saturated heterocycles. The van der Waals surface area contributed by atoms with Crippen LogP contribution in [0.5, 0.6) is 0 Å². The summed E-state index contributed by atoms with van der Waals surface area (Å²) >= 11 is 5.66. The maximum atomic E-state index is 11.6. The predicted octanol–water partition coefficient (Wildman–Crippen LogP) is 1.99. The number of hydrogen-bond acceptors (Lipinski definition) is 3. The Morgan fingerprint density at radius 1 is 1.35 bits per heavy atom. The van der Waals surface area contributed by atoms with Crippen LogP contribution in [0.1, 0.15) is 34.1 Å². The highest BCUT2D eigenvalue weighted by Crippen LogP contribution is 2.19. The molecule has 0 heterocycles. The van der Waals surface area contributed by atoms with Gasteiger partial charge in [-0.25, -0.2) is 13.1 Å². The van der Waals surface area contributed by atoms with Crippen molar-refractivity contribution in [3.63, 3.8) is 0 Å². The van der Waals surface area contributed by atoms with Gasteiger partial charge in [0.1, 0.15) is 0 Å². The fourth-order valence-corrected chi connectivity index (χ4v) is 2.70. The van der Waals surface area contributed by atoms with Crippen LogP contribution in [-0.2, 0) is 14.8 Å². The molecule has 0 aromatic heterocycles. The second-order valence-electron chi connectivity index (χ2n) is 5.16. The lowest BCUT2D eigenvalue weighted by atomic mass is 9.91. The molecule has 6 heteroatoms. The van der Waals surface area contributed by atoms with E-state index >= 15 is 0 Å². The maximum Gasteiger partial charge on any atom is 0.213 e.